The van der Waals surface area contributed by atoms with E-state index in [1.54, 1.807) is 12.1 Å². The summed E-state index contributed by atoms with van der Waals surface area (Å²) in [7, 11) is 0. The third-order valence-electron chi connectivity index (χ3n) is 8.59. The van der Waals surface area contributed by atoms with Gasteiger partial charge in [-0.25, -0.2) is 4.79 Å². The van der Waals surface area contributed by atoms with Crippen LogP contribution in [-0.4, -0.2) is 68.4 Å². The van der Waals surface area contributed by atoms with Crippen molar-refractivity contribution in [3.8, 4) is 17.0 Å². The number of aromatic nitrogens is 3. The average Bonchev–Trinajstić information content (AvgIpc) is 3.42. The molecule has 2 aromatic heterocycles. The maximum absolute atomic E-state index is 12.6. The number of aromatic hydroxyl groups is 1. The minimum absolute atomic E-state index is 0.192. The number of aromatic amines is 1. The van der Waals surface area contributed by atoms with Crippen LogP contribution in [-0.2, 0) is 11.3 Å². The third kappa shape index (κ3) is 5.21. The number of nitrogens with zero attached hydrogens (tertiary/aromatic N) is 4. The number of fused-ring (bicyclic) bond motifs is 3. The molecule has 2 aliphatic heterocycles. The third-order valence-corrected chi connectivity index (χ3v) is 8.59. The molecule has 212 valence electrons. The molecule has 3 aromatic carbocycles. The molecule has 8 heteroatoms. The van der Waals surface area contributed by atoms with Gasteiger partial charge in [-0.2, -0.15) is 0 Å². The van der Waals surface area contributed by atoms with E-state index in [1.807, 2.05) is 53.4 Å². The first-order valence-corrected chi connectivity index (χ1v) is 14.6. The van der Waals surface area contributed by atoms with Gasteiger partial charge in [0.15, 0.2) is 5.65 Å². The SMILES string of the molecule is O=C(OCc1ccccc1)N1CCC(N2CC=C(c3ccc4[nH]c5nnc(-c6ccccc6O)cc5c4c3)CC2)CC1. The predicted molar refractivity (Wildman–Crippen MR) is 164 cm³/mol. The van der Waals surface area contributed by atoms with Gasteiger partial charge >= 0.3 is 6.09 Å². The van der Waals surface area contributed by atoms with E-state index in [0.717, 1.165) is 72.9 Å². The fourth-order valence-electron chi connectivity index (χ4n) is 6.22. The molecule has 2 N–H and O–H groups in total. The van der Waals surface area contributed by atoms with Gasteiger partial charge < -0.3 is 19.7 Å². The van der Waals surface area contributed by atoms with Gasteiger partial charge in [-0.15, -0.1) is 10.2 Å². The number of benzene rings is 3. The van der Waals surface area contributed by atoms with Crippen LogP contribution in [0.2, 0.25) is 0 Å². The van der Waals surface area contributed by atoms with Gasteiger partial charge in [-0.3, -0.25) is 4.90 Å². The van der Waals surface area contributed by atoms with Crippen LogP contribution in [0.1, 0.15) is 30.4 Å². The Bertz CT molecular complexity index is 1770. The lowest BCUT2D eigenvalue weighted by Crippen LogP contribution is -2.47. The number of phenols is 1. The Hall–Kier alpha value is -4.69. The first kappa shape index (κ1) is 26.2. The smallest absolute Gasteiger partial charge is 0.410 e. The molecule has 0 unspecified atom stereocenters. The van der Waals surface area contributed by atoms with Gasteiger partial charge in [-0.1, -0.05) is 54.6 Å². The molecule has 7 rings (SSSR count). The molecule has 0 atom stereocenters. The largest absolute Gasteiger partial charge is 0.507 e. The highest BCUT2D eigenvalue weighted by atomic mass is 16.6. The van der Waals surface area contributed by atoms with Crippen LogP contribution in [0.5, 0.6) is 5.75 Å². The number of phenolic OH excluding ortho intramolecular Hbond substituents is 1. The van der Waals surface area contributed by atoms with Gasteiger partial charge in [0.1, 0.15) is 12.4 Å². The fourth-order valence-corrected chi connectivity index (χ4v) is 6.22. The summed E-state index contributed by atoms with van der Waals surface area (Å²) >= 11 is 0. The van der Waals surface area contributed by atoms with E-state index >= 15 is 0 Å². The lowest BCUT2D eigenvalue weighted by Gasteiger charge is -2.39. The van der Waals surface area contributed by atoms with Crippen LogP contribution in [0.15, 0.2) is 84.9 Å². The summed E-state index contributed by atoms with van der Waals surface area (Å²) in [6, 6.07) is 26.0. The van der Waals surface area contributed by atoms with Crippen molar-refractivity contribution in [1.82, 2.24) is 25.0 Å². The standard InChI is InChI=1S/C34H33N5O3/c40-32-9-5-4-8-27(32)31-21-29-28-20-25(10-11-30(28)35-33(29)37-36-31)24-12-16-38(17-13-24)26-14-18-39(19-15-26)34(41)42-22-23-6-2-1-3-7-23/h1-12,20-21,26,40H,13-19,22H2,(H,35,37). The molecule has 0 spiro atoms. The van der Waals surface area contributed by atoms with Crippen LogP contribution in [0.25, 0.3) is 38.8 Å². The summed E-state index contributed by atoms with van der Waals surface area (Å²) < 4.78 is 5.54. The molecule has 5 aromatic rings. The van der Waals surface area contributed by atoms with Crippen LogP contribution in [0.4, 0.5) is 4.79 Å². The number of hydrogen-bond acceptors (Lipinski definition) is 6. The quantitative estimate of drug-likeness (QED) is 0.260. The van der Waals surface area contributed by atoms with Crippen molar-refractivity contribution in [2.75, 3.05) is 26.2 Å². The topological polar surface area (TPSA) is 94.6 Å². The van der Waals surface area contributed by atoms with Crippen molar-refractivity contribution in [1.29, 1.82) is 0 Å². The second kappa shape index (κ2) is 11.3. The molecule has 4 heterocycles. The maximum Gasteiger partial charge on any atom is 0.410 e. The predicted octanol–water partition coefficient (Wildman–Crippen LogP) is 6.37. The number of hydrogen-bond donors (Lipinski definition) is 2. The molecular weight excluding hydrogens is 526 g/mol. The number of amides is 1. The fraction of sp³-hybridized carbons (Fsp3) is 0.265. The second-order valence-electron chi connectivity index (χ2n) is 11.1. The zero-order valence-corrected chi connectivity index (χ0v) is 23.4. The highest BCUT2D eigenvalue weighted by Gasteiger charge is 2.28. The number of para-hydroxylation sites is 1. The minimum atomic E-state index is -0.218. The number of ether oxygens (including phenoxy) is 1. The Kier molecular flexibility index (Phi) is 7.05. The molecule has 0 bridgehead atoms. The number of piperidine rings is 1. The summed E-state index contributed by atoms with van der Waals surface area (Å²) in [6.45, 7) is 3.69. The zero-order chi connectivity index (χ0) is 28.5. The lowest BCUT2D eigenvalue weighted by atomic mass is 9.95. The molecule has 0 saturated carbocycles. The Morgan fingerprint density at radius 1 is 0.929 bits per heavy atom. The summed E-state index contributed by atoms with van der Waals surface area (Å²) in [5.41, 5.74) is 6.65. The van der Waals surface area contributed by atoms with E-state index in [1.165, 1.54) is 11.1 Å². The molecule has 2 aliphatic rings. The van der Waals surface area contributed by atoms with Crippen LogP contribution in [0, 0.1) is 0 Å². The highest BCUT2D eigenvalue weighted by Crippen LogP contribution is 2.34. The van der Waals surface area contributed by atoms with Crippen molar-refractivity contribution in [2.24, 2.45) is 0 Å². The van der Waals surface area contributed by atoms with E-state index in [9.17, 15) is 9.90 Å². The molecule has 0 aliphatic carbocycles. The molecule has 42 heavy (non-hydrogen) atoms. The van der Waals surface area contributed by atoms with Crippen LogP contribution in [0.3, 0.4) is 0 Å². The minimum Gasteiger partial charge on any atom is -0.507 e. The van der Waals surface area contributed by atoms with Crippen molar-refractivity contribution < 1.29 is 14.6 Å². The van der Waals surface area contributed by atoms with E-state index in [2.05, 4.69) is 44.4 Å². The van der Waals surface area contributed by atoms with Crippen molar-refractivity contribution in [3.63, 3.8) is 0 Å². The van der Waals surface area contributed by atoms with Gasteiger partial charge in [0, 0.05) is 54.1 Å². The second-order valence-corrected chi connectivity index (χ2v) is 11.1. The Labute approximate surface area is 244 Å². The van der Waals surface area contributed by atoms with Crippen molar-refractivity contribution >= 4 is 33.6 Å². The Morgan fingerprint density at radius 2 is 1.74 bits per heavy atom. The van der Waals surface area contributed by atoms with Crippen LogP contribution >= 0.6 is 0 Å². The number of carbonyl (C=O) groups is 1. The highest BCUT2D eigenvalue weighted by molar-refractivity contribution is 6.07. The first-order chi connectivity index (χ1) is 20.6. The van der Waals surface area contributed by atoms with Crippen LogP contribution < -0.4 is 0 Å². The normalized spacial score (nSPS) is 16.6. The van der Waals surface area contributed by atoms with Gasteiger partial charge in [0.05, 0.1) is 5.69 Å². The van der Waals surface area contributed by atoms with Crippen molar-refractivity contribution in [3.05, 3.63) is 96.1 Å². The molecule has 8 nitrogen and oxygen atoms in total. The van der Waals surface area contributed by atoms with E-state index in [4.69, 9.17) is 4.74 Å². The van der Waals surface area contributed by atoms with Gasteiger partial charge in [0.2, 0.25) is 0 Å². The first-order valence-electron chi connectivity index (χ1n) is 14.6. The molecule has 1 amide bonds. The zero-order valence-electron chi connectivity index (χ0n) is 23.4. The van der Waals surface area contributed by atoms with E-state index in [-0.39, 0.29) is 11.8 Å². The molecule has 1 fully saturated rings. The number of carbonyl (C=O) groups excluding carboxylic acids is 1. The number of rotatable bonds is 5. The molecular formula is C34H33N5O3. The number of nitrogens with one attached hydrogen (secondary N) is 1. The van der Waals surface area contributed by atoms with E-state index in [0.29, 0.717) is 23.9 Å². The Balaban J connectivity index is 1.01. The average molecular weight is 560 g/mol. The van der Waals surface area contributed by atoms with Gasteiger partial charge in [-0.05, 0) is 66.3 Å². The van der Waals surface area contributed by atoms with E-state index < -0.39 is 0 Å². The summed E-state index contributed by atoms with van der Waals surface area (Å²) in [5.74, 6) is 0.192. The summed E-state index contributed by atoms with van der Waals surface area (Å²) in [4.78, 5) is 20.3. The number of H-pyrrole nitrogens is 1. The summed E-state index contributed by atoms with van der Waals surface area (Å²) in [6.07, 6.45) is 5.05. The molecule has 0 radical (unpaired) electrons. The number of likely N-dealkylation sites (tertiary alicyclic amines) is 1. The van der Waals surface area contributed by atoms with Crippen molar-refractivity contribution in [2.45, 2.75) is 31.9 Å². The summed E-state index contributed by atoms with van der Waals surface area (Å²) in [5, 5.41) is 21.2. The Morgan fingerprint density at radius 3 is 2.52 bits per heavy atom. The lowest BCUT2D eigenvalue weighted by molar-refractivity contribution is 0.0701. The molecule has 1 saturated heterocycles. The van der Waals surface area contributed by atoms with Gasteiger partial charge in [0.25, 0.3) is 0 Å². The maximum atomic E-state index is 12.6. The monoisotopic (exact) mass is 559 g/mol.